The highest BCUT2D eigenvalue weighted by molar-refractivity contribution is 4.77. The molecule has 0 atom stereocenters. The molecular weight excluding hydrogens is 188 g/mol. The van der Waals surface area contributed by atoms with Gasteiger partial charge in [-0.25, -0.2) is 0 Å². The second-order valence-corrected chi connectivity index (χ2v) is 3.79. The standard InChI is InChI=1S/C13H27O2/c1-4-7-9-13(15-11-5-2)10-8-12-14-6-3/h4-12H2,1-3H3. The minimum atomic E-state index is 0.820. The molecule has 0 unspecified atom stereocenters. The maximum Gasteiger partial charge on any atom is 0.0971 e. The number of ether oxygens (including phenoxy) is 2. The van der Waals surface area contributed by atoms with E-state index < -0.39 is 0 Å². The van der Waals surface area contributed by atoms with Crippen LogP contribution in [0.25, 0.3) is 0 Å². The van der Waals surface area contributed by atoms with Crippen molar-refractivity contribution in [3.8, 4) is 0 Å². The van der Waals surface area contributed by atoms with Gasteiger partial charge in [-0.3, -0.25) is 0 Å². The van der Waals surface area contributed by atoms with Crippen molar-refractivity contribution >= 4 is 0 Å². The van der Waals surface area contributed by atoms with E-state index in [0.717, 1.165) is 45.5 Å². The lowest BCUT2D eigenvalue weighted by Crippen LogP contribution is -2.06. The van der Waals surface area contributed by atoms with Crippen molar-refractivity contribution in [3.63, 3.8) is 0 Å². The van der Waals surface area contributed by atoms with Gasteiger partial charge in [-0.2, -0.15) is 0 Å². The molecule has 0 aromatic rings. The van der Waals surface area contributed by atoms with Crippen molar-refractivity contribution in [1.29, 1.82) is 0 Å². The fourth-order valence-corrected chi connectivity index (χ4v) is 1.41. The molecule has 0 bridgehead atoms. The molecule has 0 aliphatic heterocycles. The molecule has 0 spiro atoms. The molecule has 91 valence electrons. The van der Waals surface area contributed by atoms with Gasteiger partial charge in [0.05, 0.1) is 6.10 Å². The van der Waals surface area contributed by atoms with Gasteiger partial charge in [0.25, 0.3) is 0 Å². The van der Waals surface area contributed by atoms with Crippen molar-refractivity contribution in [3.05, 3.63) is 6.10 Å². The fourth-order valence-electron chi connectivity index (χ4n) is 1.41. The van der Waals surface area contributed by atoms with Gasteiger partial charge in [0.15, 0.2) is 0 Å². The van der Waals surface area contributed by atoms with Gasteiger partial charge in [0, 0.05) is 19.8 Å². The lowest BCUT2D eigenvalue weighted by atomic mass is 10.1. The molecule has 2 nitrogen and oxygen atoms in total. The molecule has 0 saturated heterocycles. The average molecular weight is 215 g/mol. The SMILES string of the molecule is CCCC[C](CCCOCC)OCCC. The Morgan fingerprint density at radius 1 is 0.867 bits per heavy atom. The molecule has 0 N–H and O–H groups in total. The Balaban J connectivity index is 3.49. The van der Waals surface area contributed by atoms with Gasteiger partial charge in [0.2, 0.25) is 0 Å². The van der Waals surface area contributed by atoms with Crippen molar-refractivity contribution in [2.24, 2.45) is 0 Å². The Labute approximate surface area is 95.3 Å². The van der Waals surface area contributed by atoms with Crippen LogP contribution >= 0.6 is 0 Å². The topological polar surface area (TPSA) is 18.5 Å². The number of rotatable bonds is 11. The van der Waals surface area contributed by atoms with Crippen LogP contribution in [0, 0.1) is 6.10 Å². The Morgan fingerprint density at radius 3 is 2.20 bits per heavy atom. The molecule has 0 fully saturated rings. The van der Waals surface area contributed by atoms with E-state index in [1.165, 1.54) is 18.9 Å². The highest BCUT2D eigenvalue weighted by Gasteiger charge is 2.08. The minimum absolute atomic E-state index is 0.820. The zero-order chi connectivity index (χ0) is 11.4. The summed E-state index contributed by atoms with van der Waals surface area (Å²) in [5.41, 5.74) is 0. The summed E-state index contributed by atoms with van der Waals surface area (Å²) in [6, 6.07) is 0. The quantitative estimate of drug-likeness (QED) is 0.486. The molecule has 0 aliphatic rings. The van der Waals surface area contributed by atoms with E-state index in [-0.39, 0.29) is 0 Å². The molecule has 0 amide bonds. The normalized spacial score (nSPS) is 11.2. The summed E-state index contributed by atoms with van der Waals surface area (Å²) in [5.74, 6) is 0. The van der Waals surface area contributed by atoms with Crippen LogP contribution in [0.5, 0.6) is 0 Å². The van der Waals surface area contributed by atoms with Crippen LogP contribution in [0.4, 0.5) is 0 Å². The van der Waals surface area contributed by atoms with Crippen LogP contribution < -0.4 is 0 Å². The first-order valence-corrected chi connectivity index (χ1v) is 6.40. The molecule has 0 saturated carbocycles. The monoisotopic (exact) mass is 215 g/mol. The van der Waals surface area contributed by atoms with E-state index in [0.29, 0.717) is 0 Å². The second-order valence-electron chi connectivity index (χ2n) is 3.79. The zero-order valence-corrected chi connectivity index (χ0v) is 10.7. The maximum absolute atomic E-state index is 5.73. The largest absolute Gasteiger partial charge is 0.382 e. The van der Waals surface area contributed by atoms with Crippen molar-refractivity contribution in [2.45, 2.75) is 59.3 Å². The molecule has 0 aromatic carbocycles. The third kappa shape index (κ3) is 10.2. The highest BCUT2D eigenvalue weighted by atomic mass is 16.5. The molecule has 0 aromatic heterocycles. The lowest BCUT2D eigenvalue weighted by Gasteiger charge is -2.15. The Morgan fingerprint density at radius 2 is 1.60 bits per heavy atom. The Bertz CT molecular complexity index is 107. The first-order chi connectivity index (χ1) is 7.35. The smallest absolute Gasteiger partial charge is 0.0971 e. The second kappa shape index (κ2) is 12.0. The van der Waals surface area contributed by atoms with E-state index >= 15 is 0 Å². The van der Waals surface area contributed by atoms with Crippen LogP contribution in [0.15, 0.2) is 0 Å². The minimum Gasteiger partial charge on any atom is -0.382 e. The van der Waals surface area contributed by atoms with Crippen molar-refractivity contribution in [1.82, 2.24) is 0 Å². The lowest BCUT2D eigenvalue weighted by molar-refractivity contribution is 0.104. The number of unbranched alkanes of at least 4 members (excludes halogenated alkanes) is 1. The molecule has 1 radical (unpaired) electrons. The summed E-state index contributed by atoms with van der Waals surface area (Å²) in [4.78, 5) is 0. The average Bonchev–Trinajstić information content (AvgIpc) is 2.27. The van der Waals surface area contributed by atoms with Gasteiger partial charge in [-0.05, 0) is 32.6 Å². The summed E-state index contributed by atoms with van der Waals surface area (Å²) < 4.78 is 11.1. The van der Waals surface area contributed by atoms with E-state index in [4.69, 9.17) is 9.47 Å². The summed E-state index contributed by atoms with van der Waals surface area (Å²) in [7, 11) is 0. The van der Waals surface area contributed by atoms with E-state index in [2.05, 4.69) is 13.8 Å². The molecular formula is C13H27O2. The van der Waals surface area contributed by atoms with Gasteiger partial charge in [0.1, 0.15) is 0 Å². The number of hydrogen-bond acceptors (Lipinski definition) is 2. The van der Waals surface area contributed by atoms with Crippen LogP contribution in [0.3, 0.4) is 0 Å². The summed E-state index contributed by atoms with van der Waals surface area (Å²) >= 11 is 0. The van der Waals surface area contributed by atoms with Crippen LogP contribution in [-0.2, 0) is 9.47 Å². The van der Waals surface area contributed by atoms with Gasteiger partial charge >= 0.3 is 0 Å². The molecule has 0 heterocycles. The third-order valence-corrected chi connectivity index (χ3v) is 2.27. The predicted octanol–water partition coefficient (Wildman–Crippen LogP) is 3.95. The van der Waals surface area contributed by atoms with Gasteiger partial charge in [-0.1, -0.05) is 26.7 Å². The van der Waals surface area contributed by atoms with Crippen LogP contribution in [0.1, 0.15) is 59.3 Å². The van der Waals surface area contributed by atoms with Crippen molar-refractivity contribution < 1.29 is 9.47 Å². The Hall–Kier alpha value is -0.0800. The summed E-state index contributed by atoms with van der Waals surface area (Å²) in [6.45, 7) is 8.96. The third-order valence-electron chi connectivity index (χ3n) is 2.27. The molecule has 0 rings (SSSR count). The maximum atomic E-state index is 5.73. The fraction of sp³-hybridized carbons (Fsp3) is 0.923. The van der Waals surface area contributed by atoms with Gasteiger partial charge < -0.3 is 9.47 Å². The van der Waals surface area contributed by atoms with Crippen molar-refractivity contribution in [2.75, 3.05) is 19.8 Å². The first-order valence-electron chi connectivity index (χ1n) is 6.40. The molecule has 2 heteroatoms. The number of hydrogen-bond donors (Lipinski definition) is 0. The predicted molar refractivity (Wildman–Crippen MR) is 64.7 cm³/mol. The summed E-state index contributed by atoms with van der Waals surface area (Å²) in [6.07, 6.45) is 8.15. The molecule has 0 aliphatic carbocycles. The summed E-state index contributed by atoms with van der Waals surface area (Å²) in [5, 5.41) is 0. The van der Waals surface area contributed by atoms with E-state index in [1.807, 2.05) is 6.92 Å². The first kappa shape index (κ1) is 14.9. The zero-order valence-electron chi connectivity index (χ0n) is 10.7. The van der Waals surface area contributed by atoms with E-state index in [1.54, 1.807) is 0 Å². The van der Waals surface area contributed by atoms with Crippen LogP contribution in [-0.4, -0.2) is 19.8 Å². The molecule has 15 heavy (non-hydrogen) atoms. The highest BCUT2D eigenvalue weighted by Crippen LogP contribution is 2.19. The Kier molecular flexibility index (Phi) is 11.9. The van der Waals surface area contributed by atoms with Gasteiger partial charge in [-0.15, -0.1) is 0 Å². The van der Waals surface area contributed by atoms with E-state index in [9.17, 15) is 0 Å². The van der Waals surface area contributed by atoms with Crippen LogP contribution in [0.2, 0.25) is 0 Å².